The third kappa shape index (κ3) is 3.69. The number of hydrogen-bond acceptors (Lipinski definition) is 2. The van der Waals surface area contributed by atoms with Gasteiger partial charge in [0.05, 0.1) is 0 Å². The van der Waals surface area contributed by atoms with Crippen LogP contribution in [0.4, 0.5) is 4.39 Å². The Labute approximate surface area is 107 Å². The predicted molar refractivity (Wildman–Crippen MR) is 73.0 cm³/mol. The van der Waals surface area contributed by atoms with Gasteiger partial charge in [-0.05, 0) is 28.7 Å². The Morgan fingerprint density at radius 2 is 1.17 bits per heavy atom. The molecule has 0 aromatic heterocycles. The van der Waals surface area contributed by atoms with Gasteiger partial charge in [-0.15, -0.1) is 0 Å². The molecule has 18 heavy (non-hydrogen) atoms. The topological polar surface area (TPSA) is 40.5 Å². The summed E-state index contributed by atoms with van der Waals surface area (Å²) in [7, 11) is -1.46. The first-order valence-corrected chi connectivity index (χ1v) is 5.89. The Hall–Kier alpha value is -1.65. The van der Waals surface area contributed by atoms with Gasteiger partial charge < -0.3 is 10.0 Å². The van der Waals surface area contributed by atoms with Gasteiger partial charge in [-0.25, -0.2) is 4.39 Å². The Morgan fingerprint density at radius 3 is 1.56 bits per heavy atom. The van der Waals surface area contributed by atoms with Crippen LogP contribution in [0.2, 0.25) is 0 Å². The largest absolute Gasteiger partial charge is 0.488 e. The van der Waals surface area contributed by atoms with E-state index in [1.54, 1.807) is 36.4 Å². The molecule has 0 amide bonds. The van der Waals surface area contributed by atoms with Crippen molar-refractivity contribution in [3.8, 4) is 11.1 Å². The van der Waals surface area contributed by atoms with Crippen molar-refractivity contribution < 1.29 is 14.4 Å². The Balaban J connectivity index is 0.000000771. The van der Waals surface area contributed by atoms with Crippen molar-refractivity contribution in [2.24, 2.45) is 0 Å². The fraction of sp³-hybridized carbons (Fsp3) is 0.143. The van der Waals surface area contributed by atoms with Gasteiger partial charge >= 0.3 is 7.12 Å². The molecule has 0 aliphatic heterocycles. The van der Waals surface area contributed by atoms with E-state index in [1.165, 1.54) is 12.1 Å². The second-order valence-electron chi connectivity index (χ2n) is 3.50. The zero-order valence-corrected chi connectivity index (χ0v) is 10.5. The number of benzene rings is 2. The van der Waals surface area contributed by atoms with Crippen LogP contribution in [0.25, 0.3) is 11.1 Å². The van der Waals surface area contributed by atoms with Crippen LogP contribution in [0.1, 0.15) is 13.8 Å². The summed E-state index contributed by atoms with van der Waals surface area (Å²) in [6, 6.07) is 12.9. The average Bonchev–Trinajstić information content (AvgIpc) is 2.42. The Kier molecular flexibility index (Phi) is 5.56. The molecule has 2 N–H and O–H groups in total. The van der Waals surface area contributed by atoms with Gasteiger partial charge in [0.2, 0.25) is 0 Å². The lowest BCUT2D eigenvalue weighted by Gasteiger charge is -2.03. The summed E-state index contributed by atoms with van der Waals surface area (Å²) in [5.41, 5.74) is 2.23. The molecule has 2 aromatic rings. The van der Waals surface area contributed by atoms with E-state index < -0.39 is 7.12 Å². The Bertz CT molecular complexity index is 466. The van der Waals surface area contributed by atoms with E-state index in [4.69, 9.17) is 10.0 Å². The first kappa shape index (κ1) is 14.4. The van der Waals surface area contributed by atoms with Crippen LogP contribution in [-0.2, 0) is 0 Å². The van der Waals surface area contributed by atoms with Crippen LogP contribution < -0.4 is 5.46 Å². The second kappa shape index (κ2) is 6.94. The van der Waals surface area contributed by atoms with Gasteiger partial charge in [0, 0.05) is 0 Å². The van der Waals surface area contributed by atoms with Gasteiger partial charge in [0.15, 0.2) is 0 Å². The summed E-state index contributed by atoms with van der Waals surface area (Å²) in [5.74, 6) is -0.272. The van der Waals surface area contributed by atoms with Crippen LogP contribution in [-0.4, -0.2) is 17.2 Å². The minimum atomic E-state index is -1.46. The van der Waals surface area contributed by atoms with Gasteiger partial charge in [-0.1, -0.05) is 50.2 Å². The van der Waals surface area contributed by atoms with E-state index >= 15 is 0 Å². The summed E-state index contributed by atoms with van der Waals surface area (Å²) in [6.45, 7) is 4.00. The number of halogens is 1. The number of rotatable bonds is 2. The molecule has 0 bridgehead atoms. The lowest BCUT2D eigenvalue weighted by atomic mass is 9.80. The van der Waals surface area contributed by atoms with Gasteiger partial charge in [-0.3, -0.25) is 0 Å². The van der Waals surface area contributed by atoms with E-state index in [0.717, 1.165) is 11.1 Å². The highest BCUT2D eigenvalue weighted by molar-refractivity contribution is 6.58. The Morgan fingerprint density at radius 1 is 0.778 bits per heavy atom. The van der Waals surface area contributed by atoms with Crippen molar-refractivity contribution in [2.75, 3.05) is 0 Å². The average molecular weight is 246 g/mol. The summed E-state index contributed by atoms with van der Waals surface area (Å²) in [6.07, 6.45) is 0. The molecule has 0 saturated heterocycles. The van der Waals surface area contributed by atoms with Crippen LogP contribution in [0.3, 0.4) is 0 Å². The third-order valence-corrected chi connectivity index (χ3v) is 2.39. The van der Waals surface area contributed by atoms with Crippen LogP contribution in [0.15, 0.2) is 48.5 Å². The standard InChI is InChI=1S/C12H10BFO2.C2H6/c14-12-7-3-10(4-8-12)9-1-5-11(6-2-9)13(15)16;1-2/h1-8,15-16H;1-2H3. The second-order valence-corrected chi connectivity index (χ2v) is 3.50. The van der Waals surface area contributed by atoms with E-state index in [2.05, 4.69) is 0 Å². The summed E-state index contributed by atoms with van der Waals surface area (Å²) < 4.78 is 12.7. The molecule has 0 aliphatic carbocycles. The lowest BCUT2D eigenvalue weighted by molar-refractivity contribution is 0.426. The zero-order chi connectivity index (χ0) is 13.5. The minimum absolute atomic E-state index is 0.272. The molecule has 0 spiro atoms. The fourth-order valence-electron chi connectivity index (χ4n) is 1.49. The minimum Gasteiger partial charge on any atom is -0.423 e. The molecule has 2 rings (SSSR count). The molecule has 94 valence electrons. The van der Waals surface area contributed by atoms with E-state index in [-0.39, 0.29) is 5.82 Å². The summed E-state index contributed by atoms with van der Waals surface area (Å²) >= 11 is 0. The monoisotopic (exact) mass is 246 g/mol. The molecule has 4 heteroatoms. The smallest absolute Gasteiger partial charge is 0.423 e. The normalized spacial score (nSPS) is 9.39. The highest BCUT2D eigenvalue weighted by Crippen LogP contribution is 2.18. The molecule has 2 aromatic carbocycles. The van der Waals surface area contributed by atoms with E-state index in [9.17, 15) is 4.39 Å². The highest BCUT2D eigenvalue weighted by Gasteiger charge is 2.09. The lowest BCUT2D eigenvalue weighted by Crippen LogP contribution is -2.29. The van der Waals surface area contributed by atoms with E-state index in [1.807, 2.05) is 13.8 Å². The molecule has 2 nitrogen and oxygen atoms in total. The quantitative estimate of drug-likeness (QED) is 0.797. The highest BCUT2D eigenvalue weighted by atomic mass is 19.1. The summed E-state index contributed by atoms with van der Waals surface area (Å²) in [4.78, 5) is 0. The molecule has 0 fully saturated rings. The van der Waals surface area contributed by atoms with Gasteiger partial charge in [0.1, 0.15) is 5.82 Å². The zero-order valence-electron chi connectivity index (χ0n) is 10.5. The fourth-order valence-corrected chi connectivity index (χ4v) is 1.49. The van der Waals surface area contributed by atoms with Crippen LogP contribution in [0.5, 0.6) is 0 Å². The SMILES string of the molecule is CC.OB(O)c1ccc(-c2ccc(F)cc2)cc1. The van der Waals surface area contributed by atoms with Crippen LogP contribution >= 0.6 is 0 Å². The maximum atomic E-state index is 12.7. The van der Waals surface area contributed by atoms with Gasteiger partial charge in [0.25, 0.3) is 0 Å². The predicted octanol–water partition coefficient (Wildman–Crippen LogP) is 2.20. The van der Waals surface area contributed by atoms with E-state index in [0.29, 0.717) is 5.46 Å². The van der Waals surface area contributed by atoms with Crippen molar-refractivity contribution in [1.29, 1.82) is 0 Å². The molecule has 0 heterocycles. The number of hydrogen-bond donors (Lipinski definition) is 2. The molecule has 0 saturated carbocycles. The third-order valence-electron chi connectivity index (χ3n) is 2.39. The van der Waals surface area contributed by atoms with Crippen molar-refractivity contribution in [3.05, 3.63) is 54.3 Å². The molecule has 0 aliphatic rings. The molecular weight excluding hydrogens is 230 g/mol. The first-order valence-electron chi connectivity index (χ1n) is 5.89. The maximum absolute atomic E-state index is 12.7. The summed E-state index contributed by atoms with van der Waals surface area (Å²) in [5, 5.41) is 17.9. The molecule has 0 unspecified atom stereocenters. The molecular formula is C14H16BFO2. The van der Waals surface area contributed by atoms with Crippen molar-refractivity contribution in [2.45, 2.75) is 13.8 Å². The maximum Gasteiger partial charge on any atom is 0.488 e. The van der Waals surface area contributed by atoms with Crippen molar-refractivity contribution >= 4 is 12.6 Å². The van der Waals surface area contributed by atoms with Crippen molar-refractivity contribution in [3.63, 3.8) is 0 Å². The first-order chi connectivity index (χ1) is 8.66. The molecule has 0 radical (unpaired) electrons. The van der Waals surface area contributed by atoms with Crippen molar-refractivity contribution in [1.82, 2.24) is 0 Å². The molecule has 0 atom stereocenters. The van der Waals surface area contributed by atoms with Gasteiger partial charge in [-0.2, -0.15) is 0 Å². The van der Waals surface area contributed by atoms with Crippen LogP contribution in [0, 0.1) is 5.82 Å².